The van der Waals surface area contributed by atoms with Crippen LogP contribution in [-0.4, -0.2) is 36.6 Å². The standard InChI is InChI=1S/C17H22ClN3/c1-21(11-13-6-8-19-9-7-13)12-15-10-14-4-2-3-5-16(14)20-17(15)18/h2-5,10,13,19H,6-9,11-12H2,1H3. The van der Waals surface area contributed by atoms with Gasteiger partial charge in [-0.3, -0.25) is 0 Å². The number of hydrogen-bond acceptors (Lipinski definition) is 3. The second kappa shape index (κ2) is 6.73. The Balaban J connectivity index is 1.70. The van der Waals surface area contributed by atoms with Crippen LogP contribution in [0.4, 0.5) is 0 Å². The summed E-state index contributed by atoms with van der Waals surface area (Å²) in [4.78, 5) is 6.87. The maximum atomic E-state index is 6.34. The van der Waals surface area contributed by atoms with Gasteiger partial charge in [0.05, 0.1) is 5.52 Å². The average Bonchev–Trinajstić information content (AvgIpc) is 2.49. The normalized spacial score (nSPS) is 16.7. The van der Waals surface area contributed by atoms with Crippen molar-refractivity contribution in [2.24, 2.45) is 5.92 Å². The Bertz CT molecular complexity index is 608. The lowest BCUT2D eigenvalue weighted by atomic mass is 9.97. The fourth-order valence-corrected chi connectivity index (χ4v) is 3.31. The fraction of sp³-hybridized carbons (Fsp3) is 0.471. The number of rotatable bonds is 4. The van der Waals surface area contributed by atoms with Gasteiger partial charge in [0, 0.05) is 24.0 Å². The molecule has 0 radical (unpaired) electrons. The molecule has 2 aromatic rings. The molecule has 1 aliphatic heterocycles. The van der Waals surface area contributed by atoms with Crippen molar-refractivity contribution < 1.29 is 0 Å². The lowest BCUT2D eigenvalue weighted by molar-refractivity contribution is 0.234. The fourth-order valence-electron chi connectivity index (χ4n) is 3.11. The van der Waals surface area contributed by atoms with Crippen LogP contribution in [0.2, 0.25) is 5.15 Å². The summed E-state index contributed by atoms with van der Waals surface area (Å²) < 4.78 is 0. The van der Waals surface area contributed by atoms with Crippen molar-refractivity contribution in [2.75, 3.05) is 26.7 Å². The second-order valence-corrected chi connectivity index (χ2v) is 6.38. The largest absolute Gasteiger partial charge is 0.317 e. The summed E-state index contributed by atoms with van der Waals surface area (Å²) in [6, 6.07) is 10.3. The Morgan fingerprint density at radius 2 is 2.05 bits per heavy atom. The topological polar surface area (TPSA) is 28.2 Å². The zero-order valence-corrected chi connectivity index (χ0v) is 13.2. The van der Waals surface area contributed by atoms with Crippen LogP contribution in [0.5, 0.6) is 0 Å². The Morgan fingerprint density at radius 3 is 2.86 bits per heavy atom. The minimum atomic E-state index is 0.630. The number of nitrogens with zero attached hydrogens (tertiary/aromatic N) is 2. The van der Waals surface area contributed by atoms with Gasteiger partial charge in [0.2, 0.25) is 0 Å². The Hall–Kier alpha value is -1.16. The van der Waals surface area contributed by atoms with Crippen molar-refractivity contribution in [1.82, 2.24) is 15.2 Å². The zero-order chi connectivity index (χ0) is 14.7. The summed E-state index contributed by atoms with van der Waals surface area (Å²) in [7, 11) is 2.17. The molecule has 112 valence electrons. The summed E-state index contributed by atoms with van der Waals surface area (Å²) in [6.45, 7) is 4.29. The zero-order valence-electron chi connectivity index (χ0n) is 12.5. The van der Waals surface area contributed by atoms with Crippen molar-refractivity contribution in [3.8, 4) is 0 Å². The SMILES string of the molecule is CN(Cc1cc2ccccc2nc1Cl)CC1CCNCC1. The number of benzene rings is 1. The van der Waals surface area contributed by atoms with Gasteiger partial charge in [0.1, 0.15) is 5.15 Å². The van der Waals surface area contributed by atoms with E-state index in [-0.39, 0.29) is 0 Å². The third-order valence-corrected chi connectivity index (χ3v) is 4.55. The summed E-state index contributed by atoms with van der Waals surface area (Å²) in [5.41, 5.74) is 2.08. The molecule has 21 heavy (non-hydrogen) atoms. The highest BCUT2D eigenvalue weighted by atomic mass is 35.5. The van der Waals surface area contributed by atoms with Crippen molar-refractivity contribution in [3.05, 3.63) is 41.0 Å². The number of nitrogens with one attached hydrogen (secondary N) is 1. The number of aromatic nitrogens is 1. The summed E-state index contributed by atoms with van der Waals surface area (Å²) in [5.74, 6) is 0.795. The molecular weight excluding hydrogens is 282 g/mol. The molecule has 0 amide bonds. The van der Waals surface area contributed by atoms with E-state index in [0.717, 1.165) is 48.6 Å². The number of halogens is 1. The van der Waals surface area contributed by atoms with Gasteiger partial charge in [0.25, 0.3) is 0 Å². The Kier molecular flexibility index (Phi) is 4.73. The highest BCUT2D eigenvalue weighted by Crippen LogP contribution is 2.22. The van der Waals surface area contributed by atoms with Crippen LogP contribution in [0.25, 0.3) is 10.9 Å². The van der Waals surface area contributed by atoms with E-state index >= 15 is 0 Å². The van der Waals surface area contributed by atoms with E-state index in [4.69, 9.17) is 11.6 Å². The molecule has 0 spiro atoms. The van der Waals surface area contributed by atoms with Crippen molar-refractivity contribution in [1.29, 1.82) is 0 Å². The molecule has 3 nitrogen and oxygen atoms in total. The van der Waals surface area contributed by atoms with Gasteiger partial charge < -0.3 is 10.2 Å². The van der Waals surface area contributed by atoms with E-state index in [0.29, 0.717) is 5.15 Å². The van der Waals surface area contributed by atoms with E-state index in [1.807, 2.05) is 18.2 Å². The third kappa shape index (κ3) is 3.73. The smallest absolute Gasteiger partial charge is 0.134 e. The molecule has 1 aromatic heterocycles. The minimum absolute atomic E-state index is 0.630. The highest BCUT2D eigenvalue weighted by molar-refractivity contribution is 6.30. The molecule has 0 atom stereocenters. The van der Waals surface area contributed by atoms with Crippen molar-refractivity contribution >= 4 is 22.5 Å². The first-order valence-corrected chi connectivity index (χ1v) is 8.03. The Morgan fingerprint density at radius 1 is 1.29 bits per heavy atom. The van der Waals surface area contributed by atoms with E-state index < -0.39 is 0 Å². The first kappa shape index (κ1) is 14.8. The average molecular weight is 304 g/mol. The first-order valence-electron chi connectivity index (χ1n) is 7.66. The molecule has 0 unspecified atom stereocenters. The lowest BCUT2D eigenvalue weighted by Gasteiger charge is -2.27. The minimum Gasteiger partial charge on any atom is -0.317 e. The van der Waals surface area contributed by atoms with Crippen LogP contribution in [0, 0.1) is 5.92 Å². The van der Waals surface area contributed by atoms with Crippen LogP contribution in [-0.2, 0) is 6.54 Å². The van der Waals surface area contributed by atoms with Crippen LogP contribution >= 0.6 is 11.6 Å². The van der Waals surface area contributed by atoms with Gasteiger partial charge in [-0.15, -0.1) is 0 Å². The third-order valence-electron chi connectivity index (χ3n) is 4.22. The molecule has 1 fully saturated rings. The number of fused-ring (bicyclic) bond motifs is 1. The molecular formula is C17H22ClN3. The van der Waals surface area contributed by atoms with Crippen LogP contribution in [0.15, 0.2) is 30.3 Å². The molecule has 1 saturated heterocycles. The molecule has 0 bridgehead atoms. The van der Waals surface area contributed by atoms with Gasteiger partial charge >= 0.3 is 0 Å². The van der Waals surface area contributed by atoms with Crippen molar-refractivity contribution in [3.63, 3.8) is 0 Å². The van der Waals surface area contributed by atoms with E-state index in [1.54, 1.807) is 0 Å². The van der Waals surface area contributed by atoms with Gasteiger partial charge in [-0.25, -0.2) is 4.98 Å². The molecule has 4 heteroatoms. The van der Waals surface area contributed by atoms with Crippen LogP contribution in [0.3, 0.4) is 0 Å². The molecule has 0 aliphatic carbocycles. The van der Waals surface area contributed by atoms with E-state index in [1.165, 1.54) is 12.8 Å². The monoisotopic (exact) mass is 303 g/mol. The van der Waals surface area contributed by atoms with Crippen LogP contribution < -0.4 is 5.32 Å². The van der Waals surface area contributed by atoms with Crippen LogP contribution in [0.1, 0.15) is 18.4 Å². The molecule has 1 aromatic carbocycles. The Labute approximate surface area is 131 Å². The predicted octanol–water partition coefficient (Wildman–Crippen LogP) is 3.32. The quantitative estimate of drug-likeness (QED) is 0.878. The highest BCUT2D eigenvalue weighted by Gasteiger charge is 2.16. The van der Waals surface area contributed by atoms with Gasteiger partial charge in [0.15, 0.2) is 0 Å². The maximum Gasteiger partial charge on any atom is 0.134 e. The molecule has 1 N–H and O–H groups in total. The molecule has 0 saturated carbocycles. The summed E-state index contributed by atoms with van der Waals surface area (Å²) in [6.07, 6.45) is 2.54. The number of piperidine rings is 1. The molecule has 2 heterocycles. The second-order valence-electron chi connectivity index (χ2n) is 6.02. The maximum absolute atomic E-state index is 6.34. The summed E-state index contributed by atoms with van der Waals surface area (Å²) >= 11 is 6.34. The van der Waals surface area contributed by atoms with E-state index in [2.05, 4.69) is 34.4 Å². The van der Waals surface area contributed by atoms with Gasteiger partial charge in [-0.2, -0.15) is 0 Å². The predicted molar refractivity (Wildman–Crippen MR) is 88.7 cm³/mol. The number of hydrogen-bond donors (Lipinski definition) is 1. The van der Waals surface area contributed by atoms with E-state index in [9.17, 15) is 0 Å². The summed E-state index contributed by atoms with van der Waals surface area (Å²) in [5, 5.41) is 5.21. The van der Waals surface area contributed by atoms with Gasteiger partial charge in [-0.1, -0.05) is 29.8 Å². The lowest BCUT2D eigenvalue weighted by Crippen LogP contribution is -2.34. The number of pyridine rings is 1. The first-order chi connectivity index (χ1) is 10.2. The van der Waals surface area contributed by atoms with Crippen molar-refractivity contribution in [2.45, 2.75) is 19.4 Å². The molecule has 1 aliphatic rings. The molecule has 3 rings (SSSR count). The number of para-hydroxylation sites is 1. The van der Waals surface area contributed by atoms with Gasteiger partial charge in [-0.05, 0) is 51.0 Å².